The average Bonchev–Trinajstić information content (AvgIpc) is 2.56. The van der Waals surface area contributed by atoms with Gasteiger partial charge in [-0.3, -0.25) is 4.79 Å². The van der Waals surface area contributed by atoms with E-state index in [1.807, 2.05) is 20.1 Å². The molecule has 0 aliphatic heterocycles. The van der Waals surface area contributed by atoms with Gasteiger partial charge in [0.1, 0.15) is 0 Å². The van der Waals surface area contributed by atoms with Crippen LogP contribution >= 0.6 is 11.8 Å². The second-order valence-electron chi connectivity index (χ2n) is 5.37. The van der Waals surface area contributed by atoms with Crippen LogP contribution in [0.3, 0.4) is 0 Å². The highest BCUT2D eigenvalue weighted by atomic mass is 32.2. The second kappa shape index (κ2) is 8.35. The lowest BCUT2D eigenvalue weighted by atomic mass is 10.2. The molecule has 0 aliphatic carbocycles. The largest absolute Gasteiger partial charge is 0.336 e. The Morgan fingerprint density at radius 1 is 1.00 bits per heavy atom. The first-order chi connectivity index (χ1) is 11.5. The zero-order valence-electron chi connectivity index (χ0n) is 13.8. The number of rotatable bonds is 5. The molecule has 0 atom stereocenters. The number of aromatic nitrogens is 1. The minimum Gasteiger partial charge on any atom is -0.336 e. The maximum absolute atomic E-state index is 12.2. The Morgan fingerprint density at radius 2 is 1.62 bits per heavy atom. The van der Waals surface area contributed by atoms with Crippen molar-refractivity contribution in [3.8, 4) is 0 Å². The zero-order valence-corrected chi connectivity index (χ0v) is 14.6. The third kappa shape index (κ3) is 5.27. The van der Waals surface area contributed by atoms with Crippen molar-refractivity contribution in [3.05, 3.63) is 48.2 Å². The van der Waals surface area contributed by atoms with Crippen molar-refractivity contribution in [2.45, 2.75) is 24.9 Å². The van der Waals surface area contributed by atoms with Crippen molar-refractivity contribution in [3.63, 3.8) is 0 Å². The summed E-state index contributed by atoms with van der Waals surface area (Å²) in [4.78, 5) is 28.0. The average molecular weight is 344 g/mol. The van der Waals surface area contributed by atoms with Crippen LogP contribution in [0.5, 0.6) is 0 Å². The number of hydrogen-bond donors (Lipinski definition) is 3. The smallest absolute Gasteiger partial charge is 0.319 e. The van der Waals surface area contributed by atoms with Crippen LogP contribution in [0.25, 0.3) is 0 Å². The Kier molecular flexibility index (Phi) is 6.20. The molecule has 7 heteroatoms. The number of anilines is 2. The van der Waals surface area contributed by atoms with Gasteiger partial charge in [0.15, 0.2) is 0 Å². The van der Waals surface area contributed by atoms with E-state index in [-0.39, 0.29) is 18.0 Å². The summed E-state index contributed by atoms with van der Waals surface area (Å²) < 4.78 is 0. The molecule has 6 nitrogen and oxygen atoms in total. The van der Waals surface area contributed by atoms with E-state index >= 15 is 0 Å². The Hall–Kier alpha value is -2.54. The normalized spacial score (nSPS) is 10.3. The molecule has 3 amide bonds. The molecule has 3 N–H and O–H groups in total. The van der Waals surface area contributed by atoms with Crippen LogP contribution in [0.15, 0.2) is 47.6 Å². The first-order valence-electron chi connectivity index (χ1n) is 7.47. The molecule has 0 radical (unpaired) electrons. The fourth-order valence-corrected chi connectivity index (χ4v) is 2.27. The summed E-state index contributed by atoms with van der Waals surface area (Å²) in [5, 5.41) is 9.12. The molecule has 0 spiro atoms. The van der Waals surface area contributed by atoms with Gasteiger partial charge in [0, 0.05) is 23.6 Å². The van der Waals surface area contributed by atoms with Crippen molar-refractivity contribution in [2.24, 2.45) is 0 Å². The van der Waals surface area contributed by atoms with Crippen LogP contribution in [0, 0.1) is 0 Å². The van der Waals surface area contributed by atoms with Crippen LogP contribution in [0.2, 0.25) is 0 Å². The minimum absolute atomic E-state index is 0.0645. The number of pyridine rings is 1. The lowest BCUT2D eigenvalue weighted by Gasteiger charge is -2.11. The molecule has 0 fully saturated rings. The number of benzene rings is 1. The van der Waals surface area contributed by atoms with Gasteiger partial charge in [0.05, 0.1) is 10.6 Å². The number of hydrogen-bond acceptors (Lipinski definition) is 4. The van der Waals surface area contributed by atoms with Gasteiger partial charge < -0.3 is 16.0 Å². The molecule has 1 aromatic heterocycles. The van der Waals surface area contributed by atoms with Crippen LogP contribution in [0.1, 0.15) is 24.2 Å². The fraction of sp³-hybridized carbons (Fsp3) is 0.235. The molecule has 0 saturated carbocycles. The highest BCUT2D eigenvalue weighted by Crippen LogP contribution is 2.16. The van der Waals surface area contributed by atoms with Crippen LogP contribution in [-0.4, -0.2) is 29.2 Å². The van der Waals surface area contributed by atoms with Gasteiger partial charge in [-0.25, -0.2) is 9.78 Å². The lowest BCUT2D eigenvalue weighted by molar-refractivity contribution is 0.102. The van der Waals surface area contributed by atoms with Gasteiger partial charge in [-0.05, 0) is 56.5 Å². The molecule has 0 bridgehead atoms. The Labute approximate surface area is 145 Å². The monoisotopic (exact) mass is 344 g/mol. The van der Waals surface area contributed by atoms with Crippen molar-refractivity contribution in [1.29, 1.82) is 0 Å². The lowest BCUT2D eigenvalue weighted by Crippen LogP contribution is -2.34. The van der Waals surface area contributed by atoms with E-state index in [0.29, 0.717) is 16.9 Å². The van der Waals surface area contributed by atoms with Crippen LogP contribution in [0.4, 0.5) is 16.2 Å². The Bertz CT molecular complexity index is 700. The maximum atomic E-state index is 12.2. The van der Waals surface area contributed by atoms with Crippen LogP contribution < -0.4 is 16.0 Å². The molecule has 24 heavy (non-hydrogen) atoms. The summed E-state index contributed by atoms with van der Waals surface area (Å²) in [6.45, 7) is 3.78. The third-order valence-corrected chi connectivity index (χ3v) is 3.69. The Balaban J connectivity index is 1.95. The number of thioether (sulfide) groups is 1. The number of carbonyl (C=O) groups is 2. The minimum atomic E-state index is -0.262. The standard InChI is InChI=1S/C17H20N4O2S/c1-11(2)19-17(23)21-14-7-5-13(6-8-14)20-16(22)12-4-9-15(24-3)18-10-12/h4-11H,1-3H3,(H,20,22)(H2,19,21,23). The van der Waals surface area contributed by atoms with E-state index in [1.54, 1.807) is 42.6 Å². The van der Waals surface area contributed by atoms with Gasteiger partial charge in [-0.15, -0.1) is 11.8 Å². The first kappa shape index (κ1) is 17.8. The molecule has 0 unspecified atom stereocenters. The van der Waals surface area contributed by atoms with Gasteiger partial charge in [-0.1, -0.05) is 0 Å². The number of nitrogens with one attached hydrogen (secondary N) is 3. The van der Waals surface area contributed by atoms with Crippen molar-refractivity contribution >= 4 is 35.1 Å². The molecule has 1 heterocycles. The summed E-state index contributed by atoms with van der Waals surface area (Å²) in [7, 11) is 0. The predicted molar refractivity (Wildman–Crippen MR) is 97.7 cm³/mol. The third-order valence-electron chi connectivity index (χ3n) is 3.03. The van der Waals surface area contributed by atoms with Crippen molar-refractivity contribution < 1.29 is 9.59 Å². The summed E-state index contributed by atoms with van der Waals surface area (Å²) >= 11 is 1.52. The quantitative estimate of drug-likeness (QED) is 0.724. The van der Waals surface area contributed by atoms with E-state index < -0.39 is 0 Å². The van der Waals surface area contributed by atoms with Gasteiger partial charge in [0.2, 0.25) is 0 Å². The fourth-order valence-electron chi connectivity index (χ4n) is 1.90. The molecule has 2 rings (SSSR count). The topological polar surface area (TPSA) is 83.1 Å². The summed E-state index contributed by atoms with van der Waals surface area (Å²) in [5.74, 6) is -0.228. The van der Waals surface area contributed by atoms with Gasteiger partial charge in [-0.2, -0.15) is 0 Å². The van der Waals surface area contributed by atoms with E-state index in [9.17, 15) is 9.59 Å². The van der Waals surface area contributed by atoms with E-state index in [2.05, 4.69) is 20.9 Å². The zero-order chi connectivity index (χ0) is 17.5. The van der Waals surface area contributed by atoms with Crippen molar-refractivity contribution in [1.82, 2.24) is 10.3 Å². The highest BCUT2D eigenvalue weighted by Gasteiger charge is 2.07. The summed E-state index contributed by atoms with van der Waals surface area (Å²) in [6.07, 6.45) is 3.48. The van der Waals surface area contributed by atoms with Crippen molar-refractivity contribution in [2.75, 3.05) is 16.9 Å². The number of carbonyl (C=O) groups excluding carboxylic acids is 2. The van der Waals surface area contributed by atoms with E-state index in [4.69, 9.17) is 0 Å². The summed E-state index contributed by atoms with van der Waals surface area (Å²) in [6, 6.07) is 10.3. The van der Waals surface area contributed by atoms with Crippen LogP contribution in [-0.2, 0) is 0 Å². The molecule has 0 saturated heterocycles. The van der Waals surface area contributed by atoms with E-state index in [1.165, 1.54) is 11.8 Å². The SMILES string of the molecule is CSc1ccc(C(=O)Nc2ccc(NC(=O)NC(C)C)cc2)cn1. The molecule has 2 aromatic rings. The van der Waals surface area contributed by atoms with E-state index in [0.717, 1.165) is 5.03 Å². The van der Waals surface area contributed by atoms with Gasteiger partial charge >= 0.3 is 6.03 Å². The highest BCUT2D eigenvalue weighted by molar-refractivity contribution is 7.98. The first-order valence-corrected chi connectivity index (χ1v) is 8.69. The summed E-state index contributed by atoms with van der Waals surface area (Å²) in [5.41, 5.74) is 1.78. The molecule has 0 aliphatic rings. The number of nitrogens with zero attached hydrogens (tertiary/aromatic N) is 1. The molecular formula is C17H20N4O2S. The molecule has 1 aromatic carbocycles. The maximum Gasteiger partial charge on any atom is 0.319 e. The molecular weight excluding hydrogens is 324 g/mol. The second-order valence-corrected chi connectivity index (χ2v) is 6.20. The molecule has 126 valence electrons. The van der Waals surface area contributed by atoms with Gasteiger partial charge in [0.25, 0.3) is 5.91 Å². The number of urea groups is 1. The Morgan fingerprint density at radius 3 is 2.12 bits per heavy atom. The predicted octanol–water partition coefficient (Wildman–Crippen LogP) is 3.59. The number of amides is 3.